The molecule has 4 aromatic rings. The van der Waals surface area contributed by atoms with Crippen LogP contribution in [0.15, 0.2) is 78.0 Å². The summed E-state index contributed by atoms with van der Waals surface area (Å²) in [6, 6.07) is 23.9. The maximum Gasteiger partial charge on any atom is 0.234 e. The average molecular weight is 459 g/mol. The minimum atomic E-state index is -0.0775. The maximum absolute atomic E-state index is 12.7. The van der Waals surface area contributed by atoms with Crippen molar-refractivity contribution >= 4 is 23.4 Å². The molecule has 1 heterocycles. The molecule has 33 heavy (non-hydrogen) atoms. The predicted molar refractivity (Wildman–Crippen MR) is 132 cm³/mol. The summed E-state index contributed by atoms with van der Waals surface area (Å²) in [5, 5.41) is 12.6. The Balaban J connectivity index is 1.57. The first-order valence-corrected chi connectivity index (χ1v) is 11.6. The van der Waals surface area contributed by atoms with E-state index in [1.807, 2.05) is 79.1 Å². The van der Waals surface area contributed by atoms with Gasteiger partial charge in [0, 0.05) is 17.8 Å². The van der Waals surface area contributed by atoms with Crippen molar-refractivity contribution in [3.05, 3.63) is 95.3 Å². The zero-order valence-corrected chi connectivity index (χ0v) is 19.7. The number of methoxy groups -OCH3 is 1. The molecular weight excluding hydrogens is 432 g/mol. The number of para-hydroxylation sites is 1. The van der Waals surface area contributed by atoms with E-state index < -0.39 is 0 Å². The van der Waals surface area contributed by atoms with Crippen molar-refractivity contribution in [3.63, 3.8) is 0 Å². The lowest BCUT2D eigenvalue weighted by atomic mass is 10.1. The lowest BCUT2D eigenvalue weighted by molar-refractivity contribution is -0.113. The number of nitrogens with zero attached hydrogens (tertiary/aromatic N) is 3. The number of hydrogen-bond donors (Lipinski definition) is 1. The number of aryl methyl sites for hydroxylation is 2. The van der Waals surface area contributed by atoms with E-state index in [9.17, 15) is 4.79 Å². The normalized spacial score (nSPS) is 10.8. The van der Waals surface area contributed by atoms with E-state index in [4.69, 9.17) is 4.74 Å². The quantitative estimate of drug-likeness (QED) is 0.367. The van der Waals surface area contributed by atoms with Gasteiger partial charge in [-0.05, 0) is 54.8 Å². The summed E-state index contributed by atoms with van der Waals surface area (Å²) in [4.78, 5) is 12.7. The molecule has 0 radical (unpaired) electrons. The molecular formula is C26H26N4O2S. The Labute approximate surface area is 198 Å². The second-order valence-corrected chi connectivity index (χ2v) is 8.64. The van der Waals surface area contributed by atoms with Gasteiger partial charge in [-0.15, -0.1) is 10.2 Å². The van der Waals surface area contributed by atoms with Crippen LogP contribution in [0.4, 0.5) is 5.69 Å². The molecule has 0 unspecified atom stereocenters. The highest BCUT2D eigenvalue weighted by Crippen LogP contribution is 2.26. The molecule has 0 aliphatic rings. The SMILES string of the molecule is COc1ccc(-n2c(Cc3ccccc3)nnc2SCC(=O)Nc2c(C)cccc2C)cc1. The molecule has 0 aliphatic carbocycles. The molecule has 3 aromatic carbocycles. The highest BCUT2D eigenvalue weighted by atomic mass is 32.2. The molecule has 0 fully saturated rings. The number of aromatic nitrogens is 3. The van der Waals surface area contributed by atoms with Crippen LogP contribution in [0.1, 0.15) is 22.5 Å². The Morgan fingerprint density at radius 1 is 0.939 bits per heavy atom. The largest absolute Gasteiger partial charge is 0.497 e. The number of ether oxygens (including phenoxy) is 1. The van der Waals surface area contributed by atoms with Gasteiger partial charge < -0.3 is 10.1 Å². The molecule has 0 aliphatic heterocycles. The third-order valence-electron chi connectivity index (χ3n) is 5.31. The summed E-state index contributed by atoms with van der Waals surface area (Å²) in [7, 11) is 1.64. The van der Waals surface area contributed by atoms with Gasteiger partial charge in [-0.1, -0.05) is 60.3 Å². The van der Waals surface area contributed by atoms with E-state index in [1.165, 1.54) is 11.8 Å². The molecule has 1 aromatic heterocycles. The molecule has 0 atom stereocenters. The second kappa shape index (κ2) is 10.4. The standard InChI is InChI=1S/C26H26N4O2S/c1-18-8-7-9-19(2)25(18)27-24(31)17-33-26-29-28-23(16-20-10-5-4-6-11-20)30(26)21-12-14-22(32-3)15-13-21/h4-15H,16-17H2,1-3H3,(H,27,31). The molecule has 1 N–H and O–H groups in total. The van der Waals surface area contributed by atoms with Gasteiger partial charge >= 0.3 is 0 Å². The van der Waals surface area contributed by atoms with Crippen molar-refractivity contribution in [3.8, 4) is 11.4 Å². The molecule has 0 spiro atoms. The predicted octanol–water partition coefficient (Wildman–Crippen LogP) is 5.21. The topological polar surface area (TPSA) is 69.0 Å². The number of carbonyl (C=O) groups excluding carboxylic acids is 1. The summed E-state index contributed by atoms with van der Waals surface area (Å²) < 4.78 is 7.30. The van der Waals surface area contributed by atoms with Gasteiger partial charge in [0.15, 0.2) is 5.16 Å². The minimum Gasteiger partial charge on any atom is -0.497 e. The van der Waals surface area contributed by atoms with Crippen molar-refractivity contribution in [2.24, 2.45) is 0 Å². The average Bonchev–Trinajstić information content (AvgIpc) is 3.23. The van der Waals surface area contributed by atoms with Gasteiger partial charge in [-0.3, -0.25) is 9.36 Å². The first-order valence-electron chi connectivity index (χ1n) is 10.7. The number of carbonyl (C=O) groups is 1. The van der Waals surface area contributed by atoms with Crippen molar-refractivity contribution < 1.29 is 9.53 Å². The van der Waals surface area contributed by atoms with E-state index >= 15 is 0 Å². The zero-order valence-electron chi connectivity index (χ0n) is 18.9. The van der Waals surface area contributed by atoms with Gasteiger partial charge in [0.25, 0.3) is 0 Å². The van der Waals surface area contributed by atoms with Crippen LogP contribution < -0.4 is 10.1 Å². The van der Waals surface area contributed by atoms with Crippen molar-refractivity contribution in [2.45, 2.75) is 25.4 Å². The Morgan fingerprint density at radius 3 is 2.30 bits per heavy atom. The van der Waals surface area contributed by atoms with Gasteiger partial charge in [0.2, 0.25) is 5.91 Å². The highest BCUT2D eigenvalue weighted by molar-refractivity contribution is 7.99. The minimum absolute atomic E-state index is 0.0775. The third-order valence-corrected chi connectivity index (χ3v) is 6.24. The maximum atomic E-state index is 12.7. The van der Waals surface area contributed by atoms with E-state index in [1.54, 1.807) is 7.11 Å². The number of anilines is 1. The van der Waals surface area contributed by atoms with Crippen LogP contribution in [-0.4, -0.2) is 33.5 Å². The Bertz CT molecular complexity index is 1220. The van der Waals surface area contributed by atoms with Crippen LogP contribution in [-0.2, 0) is 11.2 Å². The van der Waals surface area contributed by atoms with Gasteiger partial charge in [0.1, 0.15) is 11.6 Å². The zero-order chi connectivity index (χ0) is 23.2. The molecule has 4 rings (SSSR count). The van der Waals surface area contributed by atoms with Crippen molar-refractivity contribution in [2.75, 3.05) is 18.2 Å². The fourth-order valence-electron chi connectivity index (χ4n) is 3.59. The van der Waals surface area contributed by atoms with Gasteiger partial charge in [-0.2, -0.15) is 0 Å². The Hall–Kier alpha value is -3.58. The lowest BCUT2D eigenvalue weighted by Crippen LogP contribution is -2.16. The summed E-state index contributed by atoms with van der Waals surface area (Å²) in [6.07, 6.45) is 0.634. The van der Waals surface area contributed by atoms with Crippen LogP contribution in [0.2, 0.25) is 0 Å². The monoisotopic (exact) mass is 458 g/mol. The summed E-state index contributed by atoms with van der Waals surface area (Å²) in [5.41, 5.74) is 5.01. The van der Waals surface area contributed by atoms with Crippen LogP contribution in [0.3, 0.4) is 0 Å². The van der Waals surface area contributed by atoms with Crippen LogP contribution >= 0.6 is 11.8 Å². The Morgan fingerprint density at radius 2 is 1.64 bits per heavy atom. The summed E-state index contributed by atoms with van der Waals surface area (Å²) in [6.45, 7) is 3.98. The van der Waals surface area contributed by atoms with E-state index in [2.05, 4.69) is 27.6 Å². The van der Waals surface area contributed by atoms with E-state index in [-0.39, 0.29) is 11.7 Å². The molecule has 1 amide bonds. The fraction of sp³-hybridized carbons (Fsp3) is 0.192. The van der Waals surface area contributed by atoms with E-state index in [0.29, 0.717) is 11.6 Å². The van der Waals surface area contributed by atoms with Gasteiger partial charge in [-0.25, -0.2) is 0 Å². The van der Waals surface area contributed by atoms with Crippen molar-refractivity contribution in [1.82, 2.24) is 14.8 Å². The Kier molecular flexibility index (Phi) is 7.10. The van der Waals surface area contributed by atoms with Crippen LogP contribution in [0, 0.1) is 13.8 Å². The summed E-state index contributed by atoms with van der Waals surface area (Å²) in [5.74, 6) is 1.74. The number of benzene rings is 3. The highest BCUT2D eigenvalue weighted by Gasteiger charge is 2.17. The summed E-state index contributed by atoms with van der Waals surface area (Å²) >= 11 is 1.37. The number of nitrogens with one attached hydrogen (secondary N) is 1. The van der Waals surface area contributed by atoms with Crippen LogP contribution in [0.25, 0.3) is 5.69 Å². The first-order chi connectivity index (χ1) is 16.0. The molecule has 168 valence electrons. The van der Waals surface area contributed by atoms with E-state index in [0.717, 1.165) is 39.6 Å². The lowest BCUT2D eigenvalue weighted by Gasteiger charge is -2.13. The number of thioether (sulfide) groups is 1. The molecule has 0 bridgehead atoms. The fourth-order valence-corrected chi connectivity index (χ4v) is 4.37. The number of hydrogen-bond acceptors (Lipinski definition) is 5. The smallest absolute Gasteiger partial charge is 0.234 e. The van der Waals surface area contributed by atoms with Crippen LogP contribution in [0.5, 0.6) is 5.75 Å². The van der Waals surface area contributed by atoms with Crippen molar-refractivity contribution in [1.29, 1.82) is 0 Å². The van der Waals surface area contributed by atoms with Gasteiger partial charge in [0.05, 0.1) is 12.9 Å². The number of amides is 1. The molecule has 0 saturated heterocycles. The molecule has 0 saturated carbocycles. The number of rotatable bonds is 8. The first kappa shape index (κ1) is 22.6. The molecule has 6 nitrogen and oxygen atoms in total. The second-order valence-electron chi connectivity index (χ2n) is 7.70. The third kappa shape index (κ3) is 5.43. The molecule has 7 heteroatoms.